The summed E-state index contributed by atoms with van der Waals surface area (Å²) in [6, 6.07) is 0. The van der Waals surface area contributed by atoms with E-state index in [9.17, 15) is 5.21 Å². The Morgan fingerprint density at radius 1 is 1.44 bits per heavy atom. The highest BCUT2D eigenvalue weighted by molar-refractivity contribution is 4.53. The number of nitrogens with zero attached hydrogens (tertiary/aromatic N) is 2. The quantitative estimate of drug-likeness (QED) is 0.312. The van der Waals surface area contributed by atoms with Crippen LogP contribution in [-0.4, -0.2) is 15.6 Å². The molecular formula is C5H14N2O2. The average Bonchev–Trinajstić information content (AvgIpc) is 1.62. The lowest BCUT2D eigenvalue weighted by molar-refractivity contribution is -0.620. The van der Waals surface area contributed by atoms with E-state index in [1.54, 1.807) is 20.8 Å². The number of hydroxylamine groups is 1. The summed E-state index contributed by atoms with van der Waals surface area (Å²) < 4.78 is 0. The minimum atomic E-state index is -0.630. The molecule has 4 nitrogen and oxygen atoms in total. The third-order valence-corrected chi connectivity index (χ3v) is 0.655. The minimum absolute atomic E-state index is 0. The molecule has 0 aromatic carbocycles. The topological polar surface area (TPSA) is 58.7 Å². The Hall–Kier alpha value is -0.800. The smallest absolute Gasteiger partial charge is 0.197 e. The van der Waals surface area contributed by atoms with E-state index in [0.717, 1.165) is 0 Å². The zero-order valence-corrected chi connectivity index (χ0v) is 5.25. The second-order valence-electron chi connectivity index (χ2n) is 2.53. The molecule has 0 saturated carbocycles. The summed E-state index contributed by atoms with van der Waals surface area (Å²) in [5.41, 5.74) is -0.630. The first-order chi connectivity index (χ1) is 3.48. The third kappa shape index (κ3) is 3.76. The lowest BCUT2D eigenvalue weighted by atomic mass is 10.1. The van der Waals surface area contributed by atoms with Gasteiger partial charge in [0.2, 0.25) is 0 Å². The number of hydrogen-bond acceptors (Lipinski definition) is 2. The predicted octanol–water partition coefficient (Wildman–Crippen LogP) is 1.77. The van der Waals surface area contributed by atoms with E-state index in [4.69, 9.17) is 5.21 Å². The highest BCUT2D eigenvalue weighted by atomic mass is 16.6. The fourth-order valence-electron chi connectivity index (χ4n) is 0.134. The number of hydrogen-bond donors (Lipinski definition) is 1. The van der Waals surface area contributed by atoms with Crippen LogP contribution in [0, 0.1) is 5.21 Å². The van der Waals surface area contributed by atoms with Crippen LogP contribution in [0.1, 0.15) is 28.2 Å². The van der Waals surface area contributed by atoms with Crippen LogP contribution in [-0.2, 0) is 0 Å². The van der Waals surface area contributed by atoms with Gasteiger partial charge in [-0.3, -0.25) is 0 Å². The highest BCUT2D eigenvalue weighted by Crippen LogP contribution is 2.04. The average molecular weight is 134 g/mol. The Morgan fingerprint density at radius 2 is 1.78 bits per heavy atom. The third-order valence-electron chi connectivity index (χ3n) is 0.655. The van der Waals surface area contributed by atoms with Crippen molar-refractivity contribution in [1.29, 1.82) is 0 Å². The second-order valence-corrected chi connectivity index (χ2v) is 2.53. The molecule has 1 N–H and O–H groups in total. The maximum atomic E-state index is 10.3. The van der Waals surface area contributed by atoms with Gasteiger partial charge in [-0.05, 0) is 0 Å². The van der Waals surface area contributed by atoms with Crippen molar-refractivity contribution in [2.24, 2.45) is 5.28 Å². The Bertz CT molecular complexity index is 104. The molecular weight excluding hydrogens is 120 g/mol. The van der Waals surface area contributed by atoms with Gasteiger partial charge >= 0.3 is 0 Å². The van der Waals surface area contributed by atoms with Gasteiger partial charge in [-0.15, -0.1) is 0 Å². The normalized spacial score (nSPS) is 12.6. The standard InChI is InChI=1S/C4H10N2O2.CH4/c1-4(2,3)6(8)5-7;/h7H,1-3H3;1H4. The molecule has 0 fully saturated rings. The van der Waals surface area contributed by atoms with Gasteiger partial charge in [0.05, 0.1) is 0 Å². The summed E-state index contributed by atoms with van der Waals surface area (Å²) in [5, 5.41) is 20.7. The molecule has 0 aliphatic heterocycles. The summed E-state index contributed by atoms with van der Waals surface area (Å²) in [4.78, 5) is 0.243. The molecule has 0 amide bonds. The van der Waals surface area contributed by atoms with Crippen molar-refractivity contribution in [3.05, 3.63) is 5.21 Å². The van der Waals surface area contributed by atoms with E-state index in [1.165, 1.54) is 0 Å². The van der Waals surface area contributed by atoms with Crippen molar-refractivity contribution in [2.45, 2.75) is 33.7 Å². The van der Waals surface area contributed by atoms with Crippen LogP contribution in [0.4, 0.5) is 0 Å². The molecule has 4 heteroatoms. The summed E-state index contributed by atoms with van der Waals surface area (Å²) in [5.74, 6) is 0. The lowest BCUT2D eigenvalue weighted by Gasteiger charge is -2.11. The molecule has 0 unspecified atom stereocenters. The van der Waals surface area contributed by atoms with Crippen molar-refractivity contribution in [1.82, 2.24) is 0 Å². The molecule has 56 valence electrons. The van der Waals surface area contributed by atoms with Crippen molar-refractivity contribution < 1.29 is 10.1 Å². The first-order valence-corrected chi connectivity index (χ1v) is 2.31. The molecule has 0 saturated heterocycles. The molecule has 0 bridgehead atoms. The predicted molar refractivity (Wildman–Crippen MR) is 34.3 cm³/mol. The second kappa shape index (κ2) is 3.27. The summed E-state index contributed by atoms with van der Waals surface area (Å²) in [6.07, 6.45) is 0. The zero-order chi connectivity index (χ0) is 6.78. The molecule has 0 atom stereocenters. The molecule has 0 radical (unpaired) electrons. The minimum Gasteiger partial charge on any atom is -0.597 e. The Kier molecular flexibility index (Phi) is 4.02. The molecule has 9 heavy (non-hydrogen) atoms. The van der Waals surface area contributed by atoms with Crippen LogP contribution in [0.2, 0.25) is 0 Å². The summed E-state index contributed by atoms with van der Waals surface area (Å²) in [7, 11) is 0. The zero-order valence-electron chi connectivity index (χ0n) is 5.25. The van der Waals surface area contributed by atoms with Gasteiger partial charge in [-0.2, -0.15) is 0 Å². The summed E-state index contributed by atoms with van der Waals surface area (Å²) >= 11 is 0. The van der Waals surface area contributed by atoms with Crippen molar-refractivity contribution in [3.8, 4) is 0 Å². The first kappa shape index (κ1) is 11.1. The Morgan fingerprint density at radius 3 is 1.78 bits per heavy atom. The largest absolute Gasteiger partial charge is 0.597 e. The SMILES string of the molecule is C.CC(C)(C)[N+]([O-])=NO. The van der Waals surface area contributed by atoms with E-state index >= 15 is 0 Å². The van der Waals surface area contributed by atoms with Crippen molar-refractivity contribution in [3.63, 3.8) is 0 Å². The van der Waals surface area contributed by atoms with Crippen LogP contribution >= 0.6 is 0 Å². The van der Waals surface area contributed by atoms with Crippen molar-refractivity contribution in [2.75, 3.05) is 0 Å². The first-order valence-electron chi connectivity index (χ1n) is 2.31. The van der Waals surface area contributed by atoms with E-state index < -0.39 is 5.54 Å². The van der Waals surface area contributed by atoms with E-state index in [2.05, 4.69) is 5.28 Å². The van der Waals surface area contributed by atoms with Crippen LogP contribution in [0.5, 0.6) is 0 Å². The van der Waals surface area contributed by atoms with Gasteiger partial charge in [0.1, 0.15) is 0 Å². The van der Waals surface area contributed by atoms with Gasteiger partial charge < -0.3 is 10.4 Å². The van der Waals surface area contributed by atoms with Crippen LogP contribution in [0.3, 0.4) is 0 Å². The van der Waals surface area contributed by atoms with E-state index in [-0.39, 0.29) is 12.3 Å². The Labute approximate surface area is 55.4 Å². The molecule has 0 heterocycles. The van der Waals surface area contributed by atoms with Gasteiger partial charge in [0, 0.05) is 20.8 Å². The van der Waals surface area contributed by atoms with Crippen LogP contribution in [0.25, 0.3) is 0 Å². The molecule has 0 aliphatic carbocycles. The van der Waals surface area contributed by atoms with Gasteiger partial charge in [0.15, 0.2) is 10.8 Å². The fraction of sp³-hybridized carbons (Fsp3) is 1.00. The van der Waals surface area contributed by atoms with Gasteiger partial charge in [-0.25, -0.2) is 0 Å². The monoisotopic (exact) mass is 134 g/mol. The maximum Gasteiger partial charge on any atom is 0.197 e. The van der Waals surface area contributed by atoms with Crippen LogP contribution in [0.15, 0.2) is 5.28 Å². The van der Waals surface area contributed by atoms with E-state index in [0.29, 0.717) is 0 Å². The fourth-order valence-corrected chi connectivity index (χ4v) is 0.134. The highest BCUT2D eigenvalue weighted by Gasteiger charge is 2.20. The number of rotatable bonds is 0. The Balaban J connectivity index is 0. The van der Waals surface area contributed by atoms with Crippen molar-refractivity contribution >= 4 is 0 Å². The van der Waals surface area contributed by atoms with Crippen LogP contribution < -0.4 is 0 Å². The summed E-state index contributed by atoms with van der Waals surface area (Å²) in [6.45, 7) is 4.96. The molecule has 0 spiro atoms. The van der Waals surface area contributed by atoms with E-state index in [1.807, 2.05) is 0 Å². The molecule has 0 rings (SSSR count). The van der Waals surface area contributed by atoms with Gasteiger partial charge in [0.25, 0.3) is 0 Å². The lowest BCUT2D eigenvalue weighted by Crippen LogP contribution is -2.26. The maximum absolute atomic E-state index is 10.3. The molecule has 0 aromatic rings. The van der Waals surface area contributed by atoms with Gasteiger partial charge in [-0.1, -0.05) is 12.3 Å². The molecule has 0 aromatic heterocycles. The molecule has 0 aliphatic rings.